The van der Waals surface area contributed by atoms with Crippen molar-refractivity contribution in [1.29, 1.82) is 0 Å². The van der Waals surface area contributed by atoms with E-state index in [1.54, 1.807) is 42.7 Å². The fourth-order valence-electron chi connectivity index (χ4n) is 4.35. The summed E-state index contributed by atoms with van der Waals surface area (Å²) >= 11 is 0. The molecule has 0 aliphatic carbocycles. The Morgan fingerprint density at radius 1 is 1.15 bits per heavy atom. The van der Waals surface area contributed by atoms with E-state index >= 15 is 4.39 Å². The molecule has 10 heteroatoms. The Labute approximate surface area is 192 Å². The lowest BCUT2D eigenvalue weighted by Crippen LogP contribution is -2.19. The predicted molar refractivity (Wildman–Crippen MR) is 117 cm³/mol. The summed E-state index contributed by atoms with van der Waals surface area (Å²) in [4.78, 5) is 12.7. The fraction of sp³-hybridized carbons (Fsp3) is 0.292. The number of ether oxygens (including phenoxy) is 1. The number of halogens is 3. The topological polar surface area (TPSA) is 93.3 Å². The highest BCUT2D eigenvalue weighted by Gasteiger charge is 2.36. The van der Waals surface area contributed by atoms with Crippen molar-refractivity contribution >= 4 is 11.0 Å². The molecule has 2 N–H and O–H groups in total. The van der Waals surface area contributed by atoms with Gasteiger partial charge in [0.1, 0.15) is 29.1 Å². The quantitative estimate of drug-likeness (QED) is 0.447. The Morgan fingerprint density at radius 2 is 1.85 bits per heavy atom. The van der Waals surface area contributed by atoms with Crippen LogP contribution in [0.5, 0.6) is 5.75 Å². The van der Waals surface area contributed by atoms with Gasteiger partial charge in [-0.25, -0.2) is 19.3 Å². The number of rotatable bonds is 5. The summed E-state index contributed by atoms with van der Waals surface area (Å²) in [6.07, 6.45) is 2.09. The van der Waals surface area contributed by atoms with E-state index in [1.807, 2.05) is 0 Å². The third-order valence-electron chi connectivity index (χ3n) is 5.87. The molecule has 0 amide bonds. The maximum absolute atomic E-state index is 15.0. The van der Waals surface area contributed by atoms with E-state index in [4.69, 9.17) is 4.74 Å². The molecule has 3 heterocycles. The molecule has 176 valence electrons. The van der Waals surface area contributed by atoms with Crippen molar-refractivity contribution in [3.05, 3.63) is 71.8 Å². The Balaban J connectivity index is 1.64. The van der Waals surface area contributed by atoms with Gasteiger partial charge < -0.3 is 19.5 Å². The number of alkyl halides is 2. The molecule has 0 saturated carbocycles. The molecule has 34 heavy (non-hydrogen) atoms. The SMILES string of the molecule is CC(C)(O)c1ncc(-c2cc3c(cc2F)nc2n3[C@H](c3ccccc3OC(F)F)CC2O)cn1. The third kappa shape index (κ3) is 3.78. The van der Waals surface area contributed by atoms with Gasteiger partial charge in [-0.3, -0.25) is 0 Å². The summed E-state index contributed by atoms with van der Waals surface area (Å²) < 4.78 is 47.4. The molecule has 1 unspecified atom stereocenters. The number of para-hydroxylation sites is 1. The average molecular weight is 470 g/mol. The molecule has 5 rings (SSSR count). The highest BCUT2D eigenvalue weighted by atomic mass is 19.3. The van der Waals surface area contributed by atoms with Gasteiger partial charge in [0.25, 0.3) is 0 Å². The van der Waals surface area contributed by atoms with Crippen molar-refractivity contribution in [2.24, 2.45) is 0 Å². The first kappa shape index (κ1) is 22.3. The van der Waals surface area contributed by atoms with Crippen LogP contribution in [0.3, 0.4) is 0 Å². The molecule has 0 fully saturated rings. The summed E-state index contributed by atoms with van der Waals surface area (Å²) in [5.74, 6) is -0.0440. The Hall–Kier alpha value is -3.50. The minimum absolute atomic E-state index is 0.00217. The van der Waals surface area contributed by atoms with Crippen LogP contribution in [0.1, 0.15) is 49.6 Å². The Kier molecular flexibility index (Phi) is 5.29. The summed E-state index contributed by atoms with van der Waals surface area (Å²) in [5, 5.41) is 20.7. The number of nitrogens with zero attached hydrogens (tertiary/aromatic N) is 4. The van der Waals surface area contributed by atoms with Crippen LogP contribution >= 0.6 is 0 Å². The van der Waals surface area contributed by atoms with Crippen LogP contribution in [0.15, 0.2) is 48.8 Å². The van der Waals surface area contributed by atoms with Gasteiger partial charge in [-0.15, -0.1) is 0 Å². The van der Waals surface area contributed by atoms with Crippen LogP contribution < -0.4 is 4.74 Å². The van der Waals surface area contributed by atoms with Crippen molar-refractivity contribution in [2.45, 2.75) is 44.6 Å². The average Bonchev–Trinajstić information content (AvgIpc) is 3.29. The molecule has 0 bridgehead atoms. The minimum Gasteiger partial charge on any atom is -0.434 e. The standard InChI is InChI=1S/C24H21F3N4O3/c1-24(2,33)22-28-10-12(11-29-22)14-7-18-16(8-15(14)25)30-21-19(32)9-17(31(18)21)13-5-3-4-6-20(13)34-23(26)27/h3-8,10-11,17,19,23,32-33H,9H2,1-2H3/t17-,19?/m0/s1. The van der Waals surface area contributed by atoms with Gasteiger partial charge in [-0.1, -0.05) is 18.2 Å². The van der Waals surface area contributed by atoms with E-state index in [0.29, 0.717) is 28.0 Å². The van der Waals surface area contributed by atoms with Crippen molar-refractivity contribution in [3.8, 4) is 16.9 Å². The van der Waals surface area contributed by atoms with Crippen LogP contribution in [-0.2, 0) is 5.60 Å². The first-order valence-electron chi connectivity index (χ1n) is 10.6. The second-order valence-corrected chi connectivity index (χ2v) is 8.70. The lowest BCUT2D eigenvalue weighted by Gasteiger charge is -2.19. The molecule has 7 nitrogen and oxygen atoms in total. The van der Waals surface area contributed by atoms with Crippen molar-refractivity contribution in [3.63, 3.8) is 0 Å². The van der Waals surface area contributed by atoms with Crippen molar-refractivity contribution in [1.82, 2.24) is 19.5 Å². The molecular formula is C24H21F3N4O3. The van der Waals surface area contributed by atoms with Gasteiger partial charge in [-0.05, 0) is 26.0 Å². The highest BCUT2D eigenvalue weighted by Crippen LogP contribution is 2.44. The van der Waals surface area contributed by atoms with E-state index < -0.39 is 30.2 Å². The molecule has 2 aromatic heterocycles. The van der Waals surface area contributed by atoms with E-state index in [0.717, 1.165) is 0 Å². The normalized spacial score (nSPS) is 18.0. The fourth-order valence-corrected chi connectivity index (χ4v) is 4.35. The smallest absolute Gasteiger partial charge is 0.387 e. The number of aliphatic hydroxyl groups excluding tert-OH is 1. The molecule has 4 aromatic rings. The van der Waals surface area contributed by atoms with Crippen LogP contribution in [0.4, 0.5) is 13.2 Å². The zero-order valence-electron chi connectivity index (χ0n) is 18.3. The summed E-state index contributed by atoms with van der Waals surface area (Å²) in [7, 11) is 0. The summed E-state index contributed by atoms with van der Waals surface area (Å²) in [6, 6.07) is 8.67. The molecule has 0 spiro atoms. The van der Waals surface area contributed by atoms with Gasteiger partial charge in [0.15, 0.2) is 5.82 Å². The molecule has 0 saturated heterocycles. The maximum Gasteiger partial charge on any atom is 0.387 e. The monoisotopic (exact) mass is 470 g/mol. The van der Waals surface area contributed by atoms with Gasteiger partial charge in [0, 0.05) is 41.6 Å². The molecular weight excluding hydrogens is 449 g/mol. The molecule has 1 aliphatic rings. The van der Waals surface area contributed by atoms with Gasteiger partial charge in [0.05, 0.1) is 17.1 Å². The maximum atomic E-state index is 15.0. The predicted octanol–water partition coefficient (Wildman–Crippen LogP) is 4.49. The first-order valence-corrected chi connectivity index (χ1v) is 10.6. The molecule has 1 aliphatic heterocycles. The van der Waals surface area contributed by atoms with Crippen LogP contribution in [0.25, 0.3) is 22.2 Å². The van der Waals surface area contributed by atoms with Crippen molar-refractivity contribution in [2.75, 3.05) is 0 Å². The van der Waals surface area contributed by atoms with E-state index in [9.17, 15) is 19.0 Å². The molecule has 2 aromatic carbocycles. The second kappa shape index (κ2) is 8.07. The lowest BCUT2D eigenvalue weighted by atomic mass is 10.0. The van der Waals surface area contributed by atoms with E-state index in [-0.39, 0.29) is 23.6 Å². The molecule has 0 radical (unpaired) electrons. The van der Waals surface area contributed by atoms with Gasteiger partial charge >= 0.3 is 6.61 Å². The van der Waals surface area contributed by atoms with Gasteiger partial charge in [0.2, 0.25) is 0 Å². The highest BCUT2D eigenvalue weighted by molar-refractivity contribution is 5.83. The van der Waals surface area contributed by atoms with Crippen LogP contribution in [0.2, 0.25) is 0 Å². The Morgan fingerprint density at radius 3 is 2.53 bits per heavy atom. The zero-order chi connectivity index (χ0) is 24.2. The number of hydrogen-bond donors (Lipinski definition) is 2. The van der Waals surface area contributed by atoms with Gasteiger partial charge in [-0.2, -0.15) is 8.78 Å². The van der Waals surface area contributed by atoms with Crippen molar-refractivity contribution < 1.29 is 28.1 Å². The number of hydrogen-bond acceptors (Lipinski definition) is 6. The van der Waals surface area contributed by atoms with Crippen LogP contribution in [0, 0.1) is 5.82 Å². The zero-order valence-corrected chi connectivity index (χ0v) is 18.3. The van der Waals surface area contributed by atoms with E-state index in [2.05, 4.69) is 15.0 Å². The number of aromatic nitrogens is 4. The molecule has 2 atom stereocenters. The number of benzene rings is 2. The summed E-state index contributed by atoms with van der Waals surface area (Å²) in [5.41, 5.74) is 0.648. The first-order chi connectivity index (χ1) is 16.1. The number of imidazole rings is 1. The lowest BCUT2D eigenvalue weighted by molar-refractivity contribution is -0.0507. The summed E-state index contributed by atoms with van der Waals surface area (Å²) in [6.45, 7) is 0.0929. The minimum atomic E-state index is -3.00. The largest absolute Gasteiger partial charge is 0.434 e. The van der Waals surface area contributed by atoms with E-state index in [1.165, 1.54) is 24.5 Å². The number of fused-ring (bicyclic) bond motifs is 3. The van der Waals surface area contributed by atoms with Crippen LogP contribution in [-0.4, -0.2) is 36.3 Å². The third-order valence-corrected chi connectivity index (χ3v) is 5.87. The Bertz CT molecular complexity index is 1370. The second-order valence-electron chi connectivity index (χ2n) is 8.70. The number of aliphatic hydroxyl groups is 2.